The van der Waals surface area contributed by atoms with Crippen LogP contribution in [0.5, 0.6) is 0 Å². The predicted octanol–water partition coefficient (Wildman–Crippen LogP) is 5.63. The number of nitrogens with one attached hydrogen (secondary N) is 2. The number of anilines is 2. The molecule has 0 aliphatic heterocycles. The highest BCUT2D eigenvalue weighted by molar-refractivity contribution is 5.93. The van der Waals surface area contributed by atoms with E-state index in [4.69, 9.17) is 5.26 Å². The highest BCUT2D eigenvalue weighted by atomic mass is 19.1. The van der Waals surface area contributed by atoms with E-state index < -0.39 is 0 Å². The zero-order valence-electron chi connectivity index (χ0n) is 21.7. The van der Waals surface area contributed by atoms with E-state index in [1.165, 1.54) is 12.1 Å². The lowest BCUT2D eigenvalue weighted by Gasteiger charge is -2.37. The number of nitrogens with zero attached hydrogens (tertiary/aromatic N) is 5. The Bertz CT molecular complexity index is 1430. The van der Waals surface area contributed by atoms with E-state index in [0.29, 0.717) is 12.1 Å². The first kappa shape index (κ1) is 25.9. The summed E-state index contributed by atoms with van der Waals surface area (Å²) in [6.07, 6.45) is 8.74. The average Bonchev–Trinajstić information content (AvgIpc) is 3.41. The van der Waals surface area contributed by atoms with Gasteiger partial charge < -0.3 is 10.6 Å². The predicted molar refractivity (Wildman–Crippen MR) is 148 cm³/mol. The quantitative estimate of drug-likeness (QED) is 0.327. The van der Waals surface area contributed by atoms with Gasteiger partial charge in [0, 0.05) is 49.3 Å². The second-order valence-electron chi connectivity index (χ2n) is 9.80. The molecule has 1 aliphatic rings. The van der Waals surface area contributed by atoms with Crippen LogP contribution >= 0.6 is 0 Å². The summed E-state index contributed by atoms with van der Waals surface area (Å²) in [5.41, 5.74) is 4.23. The molecule has 8 nitrogen and oxygen atoms in total. The van der Waals surface area contributed by atoms with Crippen LogP contribution in [0.3, 0.4) is 0 Å². The molecule has 9 heteroatoms. The minimum absolute atomic E-state index is 0.0226. The number of hydrogen-bond donors (Lipinski definition) is 2. The number of urea groups is 1. The summed E-state index contributed by atoms with van der Waals surface area (Å²) in [6, 6.07) is 19.9. The SMILES string of the molecule is Cn1cc(-c2ccc(N(C(=O)NCc3ccc(F)cc3)C3CCC(Nc4ccc(C#N)cn4)CC3)cc2)cn1. The molecule has 198 valence electrons. The Kier molecular flexibility index (Phi) is 7.83. The molecule has 2 N–H and O–H groups in total. The fourth-order valence-electron chi connectivity index (χ4n) is 4.98. The van der Waals surface area contributed by atoms with Gasteiger partial charge in [-0.25, -0.2) is 14.2 Å². The first-order valence-electron chi connectivity index (χ1n) is 13.0. The van der Waals surface area contributed by atoms with E-state index in [0.717, 1.165) is 53.9 Å². The number of carbonyl (C=O) groups is 1. The molecular weight excluding hydrogens is 493 g/mol. The van der Waals surface area contributed by atoms with E-state index in [2.05, 4.69) is 26.8 Å². The van der Waals surface area contributed by atoms with Gasteiger partial charge in [-0.3, -0.25) is 9.58 Å². The molecule has 5 rings (SSSR count). The first-order valence-corrected chi connectivity index (χ1v) is 13.0. The Morgan fingerprint density at radius 1 is 1.03 bits per heavy atom. The molecule has 0 unspecified atom stereocenters. The Morgan fingerprint density at radius 3 is 2.38 bits per heavy atom. The average molecular weight is 524 g/mol. The summed E-state index contributed by atoms with van der Waals surface area (Å²) in [7, 11) is 1.88. The molecule has 0 bridgehead atoms. The van der Waals surface area contributed by atoms with Crippen molar-refractivity contribution in [1.82, 2.24) is 20.1 Å². The fraction of sp³-hybridized carbons (Fsp3) is 0.267. The topological polar surface area (TPSA) is 98.9 Å². The van der Waals surface area contributed by atoms with E-state index in [9.17, 15) is 9.18 Å². The summed E-state index contributed by atoms with van der Waals surface area (Å²) in [5.74, 6) is 0.444. The van der Waals surface area contributed by atoms with Crippen LogP contribution in [0.4, 0.5) is 20.7 Å². The summed E-state index contributed by atoms with van der Waals surface area (Å²) in [6.45, 7) is 0.310. The second kappa shape index (κ2) is 11.8. The molecule has 0 atom stereocenters. The van der Waals surface area contributed by atoms with Gasteiger partial charge in [0.1, 0.15) is 17.7 Å². The van der Waals surface area contributed by atoms with E-state index in [-0.39, 0.29) is 23.9 Å². The Labute approximate surface area is 227 Å². The largest absolute Gasteiger partial charge is 0.367 e. The van der Waals surface area contributed by atoms with Gasteiger partial charge in [-0.15, -0.1) is 0 Å². The van der Waals surface area contributed by atoms with Crippen LogP contribution in [0.25, 0.3) is 11.1 Å². The van der Waals surface area contributed by atoms with E-state index in [1.54, 1.807) is 29.1 Å². The third kappa shape index (κ3) is 6.41. The molecule has 39 heavy (non-hydrogen) atoms. The van der Waals surface area contributed by atoms with Crippen LogP contribution in [0.15, 0.2) is 79.3 Å². The van der Waals surface area contributed by atoms with Gasteiger partial charge in [-0.05, 0) is 73.2 Å². The minimum Gasteiger partial charge on any atom is -0.367 e. The van der Waals surface area contributed by atoms with Crippen LogP contribution in [-0.2, 0) is 13.6 Å². The molecule has 1 aliphatic carbocycles. The third-order valence-electron chi connectivity index (χ3n) is 7.07. The van der Waals surface area contributed by atoms with Crippen molar-refractivity contribution in [1.29, 1.82) is 5.26 Å². The number of aryl methyl sites for hydroxylation is 1. The molecule has 0 spiro atoms. The van der Waals surface area contributed by atoms with Gasteiger partial charge >= 0.3 is 6.03 Å². The molecule has 1 saturated carbocycles. The monoisotopic (exact) mass is 523 g/mol. The molecule has 4 aromatic rings. The number of benzene rings is 2. The molecule has 2 aromatic heterocycles. The number of carbonyl (C=O) groups excluding carboxylic acids is 1. The van der Waals surface area contributed by atoms with Crippen LogP contribution < -0.4 is 15.5 Å². The van der Waals surface area contributed by atoms with Crippen LogP contribution in [0, 0.1) is 17.1 Å². The Balaban J connectivity index is 1.29. The molecule has 0 saturated heterocycles. The molecule has 1 fully saturated rings. The summed E-state index contributed by atoms with van der Waals surface area (Å²) in [5, 5.41) is 19.7. The maximum absolute atomic E-state index is 13.5. The van der Waals surface area contributed by atoms with Gasteiger partial charge in [-0.1, -0.05) is 24.3 Å². The number of rotatable bonds is 7. The van der Waals surface area contributed by atoms with Crippen molar-refractivity contribution >= 4 is 17.5 Å². The van der Waals surface area contributed by atoms with Crippen molar-refractivity contribution in [2.24, 2.45) is 7.05 Å². The van der Waals surface area contributed by atoms with Crippen LogP contribution in [0.2, 0.25) is 0 Å². The van der Waals surface area contributed by atoms with Crippen LogP contribution in [-0.4, -0.2) is 32.9 Å². The molecule has 2 aromatic carbocycles. The van der Waals surface area contributed by atoms with Crippen molar-refractivity contribution in [3.8, 4) is 17.2 Å². The second-order valence-corrected chi connectivity index (χ2v) is 9.80. The van der Waals surface area contributed by atoms with Gasteiger partial charge in [0.05, 0.1) is 11.8 Å². The number of halogens is 1. The number of aromatic nitrogens is 3. The number of hydrogen-bond acceptors (Lipinski definition) is 5. The molecule has 2 heterocycles. The lowest BCUT2D eigenvalue weighted by Crippen LogP contribution is -2.48. The Hall–Kier alpha value is -4.71. The van der Waals surface area contributed by atoms with Crippen LogP contribution in [0.1, 0.15) is 36.8 Å². The van der Waals surface area contributed by atoms with E-state index >= 15 is 0 Å². The molecule has 2 amide bonds. The van der Waals surface area contributed by atoms with Gasteiger partial charge in [0.15, 0.2) is 0 Å². The standard InChI is InChI=1S/C30H30FN7O/c1-37-20-24(19-35-37)23-5-11-27(12-6-23)38(30(39)34-17-21-2-7-25(31)8-3-21)28-13-9-26(10-14-28)36-29-15-4-22(16-32)18-33-29/h2-8,11-12,15,18-20,26,28H,9-10,13-14,17H2,1H3,(H,33,36)(H,34,39). The highest BCUT2D eigenvalue weighted by Gasteiger charge is 2.30. The van der Waals surface area contributed by atoms with Gasteiger partial charge in [-0.2, -0.15) is 10.4 Å². The lowest BCUT2D eigenvalue weighted by atomic mass is 9.89. The number of amides is 2. The van der Waals surface area contributed by atoms with E-state index in [1.807, 2.05) is 54.7 Å². The van der Waals surface area contributed by atoms with Crippen molar-refractivity contribution in [3.05, 3.63) is 96.2 Å². The van der Waals surface area contributed by atoms with Gasteiger partial charge in [0.25, 0.3) is 0 Å². The first-order chi connectivity index (χ1) is 19.0. The summed E-state index contributed by atoms with van der Waals surface area (Å²) >= 11 is 0. The third-order valence-corrected chi connectivity index (χ3v) is 7.07. The number of nitriles is 1. The molecular formula is C30H30FN7O. The smallest absolute Gasteiger partial charge is 0.322 e. The zero-order valence-corrected chi connectivity index (χ0v) is 21.7. The maximum atomic E-state index is 13.5. The Morgan fingerprint density at radius 2 is 1.77 bits per heavy atom. The normalized spacial score (nSPS) is 16.7. The number of pyridine rings is 1. The highest BCUT2D eigenvalue weighted by Crippen LogP contribution is 2.31. The maximum Gasteiger partial charge on any atom is 0.322 e. The van der Waals surface area contributed by atoms with Crippen molar-refractivity contribution in [3.63, 3.8) is 0 Å². The summed E-state index contributed by atoms with van der Waals surface area (Å²) in [4.78, 5) is 19.7. The summed E-state index contributed by atoms with van der Waals surface area (Å²) < 4.78 is 15.1. The molecule has 0 radical (unpaired) electrons. The van der Waals surface area contributed by atoms with Crippen molar-refractivity contribution in [2.45, 2.75) is 44.3 Å². The van der Waals surface area contributed by atoms with Crippen molar-refractivity contribution < 1.29 is 9.18 Å². The zero-order chi connectivity index (χ0) is 27.2. The lowest BCUT2D eigenvalue weighted by molar-refractivity contribution is 0.240. The fourth-order valence-corrected chi connectivity index (χ4v) is 4.98. The van der Waals surface area contributed by atoms with Gasteiger partial charge in [0.2, 0.25) is 0 Å². The van der Waals surface area contributed by atoms with Crippen molar-refractivity contribution in [2.75, 3.05) is 10.2 Å². The minimum atomic E-state index is -0.304.